The van der Waals surface area contributed by atoms with E-state index in [-0.39, 0.29) is 5.91 Å². The highest BCUT2D eigenvalue weighted by Gasteiger charge is 2.19. The van der Waals surface area contributed by atoms with Crippen LogP contribution in [0.3, 0.4) is 0 Å². The van der Waals surface area contributed by atoms with Crippen LogP contribution >= 0.6 is 0 Å². The van der Waals surface area contributed by atoms with Gasteiger partial charge >= 0.3 is 0 Å². The minimum atomic E-state index is -0.160. The second-order valence-corrected chi connectivity index (χ2v) is 6.51. The third-order valence-corrected chi connectivity index (χ3v) is 4.41. The summed E-state index contributed by atoms with van der Waals surface area (Å²) in [5.74, 6) is 0.557. The minimum Gasteiger partial charge on any atom is -0.497 e. The summed E-state index contributed by atoms with van der Waals surface area (Å²) in [5.41, 5.74) is 4.02. The van der Waals surface area contributed by atoms with Gasteiger partial charge in [-0.05, 0) is 37.6 Å². The van der Waals surface area contributed by atoms with E-state index in [1.165, 1.54) is 5.56 Å². The van der Waals surface area contributed by atoms with E-state index >= 15 is 0 Å². The molecule has 1 aromatic heterocycles. The standard InChI is InChI=1S/C22H25N3O3/c1-16-8-10-18(11-9-16)25-15-20(22(26)23-12-5-13-27-2)21(24-25)17-6-4-7-19(14-17)28-3/h4,6-11,14-15H,5,12-13H2,1-3H3,(H,23,26). The fraction of sp³-hybridized carbons (Fsp3) is 0.273. The lowest BCUT2D eigenvalue weighted by Crippen LogP contribution is -2.25. The number of nitrogens with zero attached hydrogens (tertiary/aromatic N) is 2. The van der Waals surface area contributed by atoms with E-state index in [0.717, 1.165) is 17.7 Å². The molecule has 0 saturated carbocycles. The molecular weight excluding hydrogens is 354 g/mol. The number of hydrogen-bond donors (Lipinski definition) is 1. The van der Waals surface area contributed by atoms with E-state index in [4.69, 9.17) is 14.6 Å². The van der Waals surface area contributed by atoms with Crippen LogP contribution in [0.2, 0.25) is 0 Å². The van der Waals surface area contributed by atoms with Crippen molar-refractivity contribution in [2.75, 3.05) is 27.4 Å². The van der Waals surface area contributed by atoms with E-state index in [0.29, 0.717) is 30.2 Å². The number of hydrogen-bond acceptors (Lipinski definition) is 4. The van der Waals surface area contributed by atoms with E-state index in [1.807, 2.05) is 55.5 Å². The lowest BCUT2D eigenvalue weighted by atomic mass is 10.1. The van der Waals surface area contributed by atoms with Gasteiger partial charge in [-0.2, -0.15) is 5.10 Å². The molecule has 2 aromatic carbocycles. The second kappa shape index (κ2) is 9.19. The first-order valence-corrected chi connectivity index (χ1v) is 9.20. The maximum absolute atomic E-state index is 12.8. The molecule has 0 unspecified atom stereocenters. The van der Waals surface area contributed by atoms with Crippen molar-refractivity contribution in [3.8, 4) is 22.7 Å². The van der Waals surface area contributed by atoms with Crippen LogP contribution in [0.5, 0.6) is 5.75 Å². The fourth-order valence-electron chi connectivity index (χ4n) is 2.87. The Morgan fingerprint density at radius 3 is 2.64 bits per heavy atom. The number of methoxy groups -OCH3 is 2. The van der Waals surface area contributed by atoms with Gasteiger partial charge in [0.05, 0.1) is 18.4 Å². The number of amides is 1. The molecule has 1 heterocycles. The monoisotopic (exact) mass is 379 g/mol. The molecule has 0 aliphatic carbocycles. The lowest BCUT2D eigenvalue weighted by Gasteiger charge is -2.06. The molecule has 0 aliphatic rings. The zero-order valence-electron chi connectivity index (χ0n) is 16.4. The highest BCUT2D eigenvalue weighted by Crippen LogP contribution is 2.27. The summed E-state index contributed by atoms with van der Waals surface area (Å²) in [4.78, 5) is 12.8. The number of rotatable bonds is 8. The van der Waals surface area contributed by atoms with Gasteiger partial charge in [0.25, 0.3) is 5.91 Å². The number of benzene rings is 2. The number of carbonyl (C=O) groups excluding carboxylic acids is 1. The maximum atomic E-state index is 12.8. The molecule has 1 amide bonds. The van der Waals surface area contributed by atoms with Crippen LogP contribution in [0.15, 0.2) is 54.7 Å². The highest BCUT2D eigenvalue weighted by molar-refractivity contribution is 6.00. The van der Waals surface area contributed by atoms with Crippen LogP contribution in [0.1, 0.15) is 22.3 Å². The van der Waals surface area contributed by atoms with E-state index in [2.05, 4.69) is 5.32 Å². The van der Waals surface area contributed by atoms with Gasteiger partial charge in [-0.15, -0.1) is 0 Å². The van der Waals surface area contributed by atoms with Gasteiger partial charge in [0.1, 0.15) is 11.4 Å². The first-order valence-electron chi connectivity index (χ1n) is 9.20. The molecular formula is C22H25N3O3. The molecule has 0 spiro atoms. The number of aryl methyl sites for hydroxylation is 1. The molecule has 3 aromatic rings. The van der Waals surface area contributed by atoms with Crippen molar-refractivity contribution < 1.29 is 14.3 Å². The smallest absolute Gasteiger partial charge is 0.255 e. The molecule has 0 radical (unpaired) electrons. The fourth-order valence-corrected chi connectivity index (χ4v) is 2.87. The third kappa shape index (κ3) is 4.58. The predicted octanol–water partition coefficient (Wildman–Crippen LogP) is 3.62. The summed E-state index contributed by atoms with van der Waals surface area (Å²) in [5, 5.41) is 7.64. The van der Waals surface area contributed by atoms with Crippen LogP contribution < -0.4 is 10.1 Å². The Morgan fingerprint density at radius 2 is 1.93 bits per heavy atom. The summed E-state index contributed by atoms with van der Waals surface area (Å²) in [6.07, 6.45) is 2.52. The number of aromatic nitrogens is 2. The molecule has 0 fully saturated rings. The largest absolute Gasteiger partial charge is 0.497 e. The van der Waals surface area contributed by atoms with Crippen LogP contribution in [0.4, 0.5) is 0 Å². The molecule has 6 heteroatoms. The Morgan fingerprint density at radius 1 is 1.14 bits per heavy atom. The van der Waals surface area contributed by atoms with Crippen molar-refractivity contribution in [3.05, 3.63) is 65.9 Å². The Balaban J connectivity index is 1.97. The zero-order valence-corrected chi connectivity index (χ0v) is 16.4. The molecule has 146 valence electrons. The summed E-state index contributed by atoms with van der Waals surface area (Å²) >= 11 is 0. The molecule has 0 aliphatic heterocycles. The van der Waals surface area contributed by atoms with Gasteiger partial charge in [0, 0.05) is 32.0 Å². The van der Waals surface area contributed by atoms with Gasteiger partial charge in [0.2, 0.25) is 0 Å². The van der Waals surface area contributed by atoms with Crippen molar-refractivity contribution in [1.29, 1.82) is 0 Å². The quantitative estimate of drug-likeness (QED) is 0.607. The molecule has 3 rings (SSSR count). The Bertz CT molecular complexity index is 932. The van der Waals surface area contributed by atoms with Gasteiger partial charge in [0.15, 0.2) is 0 Å². The number of nitrogens with one attached hydrogen (secondary N) is 1. The minimum absolute atomic E-state index is 0.160. The average Bonchev–Trinajstić information content (AvgIpc) is 3.17. The van der Waals surface area contributed by atoms with Gasteiger partial charge < -0.3 is 14.8 Å². The van der Waals surface area contributed by atoms with Gasteiger partial charge in [-0.3, -0.25) is 4.79 Å². The second-order valence-electron chi connectivity index (χ2n) is 6.51. The van der Waals surface area contributed by atoms with Crippen molar-refractivity contribution in [3.63, 3.8) is 0 Å². The predicted molar refractivity (Wildman–Crippen MR) is 109 cm³/mol. The molecule has 0 saturated heterocycles. The van der Waals surface area contributed by atoms with Crippen LogP contribution in [-0.4, -0.2) is 43.1 Å². The molecule has 1 N–H and O–H groups in total. The first-order chi connectivity index (χ1) is 13.6. The average molecular weight is 379 g/mol. The summed E-state index contributed by atoms with van der Waals surface area (Å²) in [7, 11) is 3.27. The van der Waals surface area contributed by atoms with Crippen molar-refractivity contribution >= 4 is 5.91 Å². The molecule has 28 heavy (non-hydrogen) atoms. The maximum Gasteiger partial charge on any atom is 0.255 e. The van der Waals surface area contributed by atoms with Crippen molar-refractivity contribution in [2.45, 2.75) is 13.3 Å². The van der Waals surface area contributed by atoms with Crippen LogP contribution in [0, 0.1) is 6.92 Å². The van der Waals surface area contributed by atoms with E-state index in [1.54, 1.807) is 25.1 Å². The summed E-state index contributed by atoms with van der Waals surface area (Å²) in [6.45, 7) is 3.18. The zero-order chi connectivity index (χ0) is 19.9. The number of carbonyl (C=O) groups is 1. The molecule has 6 nitrogen and oxygen atoms in total. The van der Waals surface area contributed by atoms with Crippen LogP contribution in [0.25, 0.3) is 16.9 Å². The summed E-state index contributed by atoms with van der Waals surface area (Å²) < 4.78 is 12.1. The first kappa shape index (κ1) is 19.6. The van der Waals surface area contributed by atoms with Gasteiger partial charge in [-0.25, -0.2) is 4.68 Å². The third-order valence-electron chi connectivity index (χ3n) is 4.41. The Hall–Kier alpha value is -3.12. The molecule has 0 bridgehead atoms. The topological polar surface area (TPSA) is 65.4 Å². The Labute approximate surface area is 165 Å². The normalized spacial score (nSPS) is 10.7. The van der Waals surface area contributed by atoms with Crippen LogP contribution in [-0.2, 0) is 4.74 Å². The summed E-state index contributed by atoms with van der Waals surface area (Å²) in [6, 6.07) is 15.6. The van der Waals surface area contributed by atoms with Gasteiger partial charge in [-0.1, -0.05) is 29.8 Å². The highest BCUT2D eigenvalue weighted by atomic mass is 16.5. The molecule has 0 atom stereocenters. The Kier molecular flexibility index (Phi) is 6.45. The lowest BCUT2D eigenvalue weighted by molar-refractivity contribution is 0.0949. The van der Waals surface area contributed by atoms with Crippen molar-refractivity contribution in [2.24, 2.45) is 0 Å². The van der Waals surface area contributed by atoms with E-state index < -0.39 is 0 Å². The van der Waals surface area contributed by atoms with Crippen molar-refractivity contribution in [1.82, 2.24) is 15.1 Å². The SMILES string of the molecule is COCCCNC(=O)c1cn(-c2ccc(C)cc2)nc1-c1cccc(OC)c1. The number of ether oxygens (including phenoxy) is 2. The van der Waals surface area contributed by atoms with E-state index in [9.17, 15) is 4.79 Å².